The molecule has 0 aliphatic carbocycles. The maximum atomic E-state index is 13.6. The van der Waals surface area contributed by atoms with Gasteiger partial charge in [-0.25, -0.2) is 0 Å². The van der Waals surface area contributed by atoms with E-state index < -0.39 is 6.04 Å². The van der Waals surface area contributed by atoms with E-state index in [9.17, 15) is 9.59 Å². The van der Waals surface area contributed by atoms with Gasteiger partial charge in [0.25, 0.3) is 5.91 Å². The van der Waals surface area contributed by atoms with Crippen LogP contribution in [0.5, 0.6) is 5.75 Å². The van der Waals surface area contributed by atoms with Crippen LogP contribution in [0.25, 0.3) is 11.0 Å². The lowest BCUT2D eigenvalue weighted by Gasteiger charge is -2.31. The Morgan fingerprint density at radius 2 is 1.91 bits per heavy atom. The molecule has 3 heterocycles. The quantitative estimate of drug-likeness (QED) is 0.589. The van der Waals surface area contributed by atoms with Crippen molar-refractivity contribution in [3.05, 3.63) is 74.6 Å². The van der Waals surface area contributed by atoms with Gasteiger partial charge in [-0.05, 0) is 35.9 Å². The Morgan fingerprint density at radius 1 is 1.09 bits per heavy atom. The molecule has 1 saturated heterocycles. The highest BCUT2D eigenvalue weighted by Crippen LogP contribution is 2.39. The van der Waals surface area contributed by atoms with E-state index in [0.29, 0.717) is 53.6 Å². The van der Waals surface area contributed by atoms with Crippen LogP contribution >= 0.6 is 11.6 Å². The molecule has 2 aliphatic heterocycles. The third kappa shape index (κ3) is 3.66. The van der Waals surface area contributed by atoms with Crippen LogP contribution in [-0.4, -0.2) is 62.2 Å². The van der Waals surface area contributed by atoms with Crippen molar-refractivity contribution in [1.82, 2.24) is 9.80 Å². The van der Waals surface area contributed by atoms with E-state index in [-0.39, 0.29) is 17.1 Å². The number of nitrogens with zero attached hydrogens (tertiary/aromatic N) is 2. The summed E-state index contributed by atoms with van der Waals surface area (Å²) in [4.78, 5) is 31.0. The van der Waals surface area contributed by atoms with Crippen molar-refractivity contribution in [2.75, 3.05) is 46.5 Å². The molecule has 8 heteroatoms. The minimum absolute atomic E-state index is 0.0969. The Kier molecular flexibility index (Phi) is 5.63. The van der Waals surface area contributed by atoms with Gasteiger partial charge in [-0.3, -0.25) is 14.5 Å². The molecule has 1 aromatic heterocycles. The van der Waals surface area contributed by atoms with Gasteiger partial charge in [-0.2, -0.15) is 0 Å². The number of fused-ring (bicyclic) bond motifs is 2. The molecule has 1 atom stereocenters. The van der Waals surface area contributed by atoms with Gasteiger partial charge in [-0.1, -0.05) is 23.7 Å². The fourth-order valence-corrected chi connectivity index (χ4v) is 4.63. The molecule has 1 fully saturated rings. The Bertz CT molecular complexity index is 1230. The fourth-order valence-electron chi connectivity index (χ4n) is 4.46. The number of hydrogen-bond acceptors (Lipinski definition) is 6. The predicted octanol–water partition coefficient (Wildman–Crippen LogP) is 3.33. The number of halogens is 1. The molecule has 0 bridgehead atoms. The van der Waals surface area contributed by atoms with Crippen LogP contribution in [0, 0.1) is 0 Å². The topological polar surface area (TPSA) is 72.2 Å². The maximum absolute atomic E-state index is 13.6. The number of benzene rings is 2. The number of ether oxygens (including phenoxy) is 2. The molecular weight excluding hydrogens is 432 g/mol. The number of rotatable bonds is 5. The zero-order valence-electron chi connectivity index (χ0n) is 17.7. The summed E-state index contributed by atoms with van der Waals surface area (Å²) in [7, 11) is 1.59. The second kappa shape index (κ2) is 8.58. The van der Waals surface area contributed by atoms with E-state index in [2.05, 4.69) is 4.90 Å². The lowest BCUT2D eigenvalue weighted by Crippen LogP contribution is -2.42. The second-order valence-corrected chi connectivity index (χ2v) is 8.38. The summed E-state index contributed by atoms with van der Waals surface area (Å²) in [5.74, 6) is 0.472. The van der Waals surface area contributed by atoms with Crippen LogP contribution in [0.15, 0.2) is 51.7 Å². The molecule has 0 unspecified atom stereocenters. The van der Waals surface area contributed by atoms with Crippen LogP contribution in [0.1, 0.15) is 27.7 Å². The molecule has 32 heavy (non-hydrogen) atoms. The summed E-state index contributed by atoms with van der Waals surface area (Å²) >= 11 is 6.14. The van der Waals surface area contributed by atoms with Gasteiger partial charge in [0.1, 0.15) is 11.3 Å². The molecule has 2 aromatic carbocycles. The van der Waals surface area contributed by atoms with Crippen molar-refractivity contribution < 1.29 is 18.7 Å². The monoisotopic (exact) mass is 454 g/mol. The van der Waals surface area contributed by atoms with Gasteiger partial charge in [0.2, 0.25) is 5.76 Å². The summed E-state index contributed by atoms with van der Waals surface area (Å²) in [6.07, 6.45) is 0. The van der Waals surface area contributed by atoms with Crippen molar-refractivity contribution in [1.29, 1.82) is 0 Å². The third-order valence-corrected chi connectivity index (χ3v) is 6.33. The van der Waals surface area contributed by atoms with Crippen LogP contribution < -0.4 is 10.2 Å². The standard InChI is InChI=1S/C24H23ClN2O5/c1-30-17-4-2-3-15(13-17)21-20-22(28)18-14-16(25)5-6-19(18)32-23(20)24(29)27(21)8-7-26-9-11-31-12-10-26/h2-6,13-14,21H,7-12H2,1H3/t21-/m0/s1. The van der Waals surface area contributed by atoms with Crippen LogP contribution in [0.4, 0.5) is 0 Å². The normalized spacial score (nSPS) is 18.9. The second-order valence-electron chi connectivity index (χ2n) is 7.95. The number of amides is 1. The molecule has 0 radical (unpaired) electrons. The molecule has 0 N–H and O–H groups in total. The zero-order valence-corrected chi connectivity index (χ0v) is 18.4. The minimum atomic E-state index is -0.562. The van der Waals surface area contributed by atoms with E-state index in [1.54, 1.807) is 30.2 Å². The van der Waals surface area contributed by atoms with Crippen molar-refractivity contribution in [2.45, 2.75) is 6.04 Å². The Labute approximate surface area is 190 Å². The van der Waals surface area contributed by atoms with E-state index >= 15 is 0 Å². The summed E-state index contributed by atoms with van der Waals surface area (Å²) < 4.78 is 16.8. The number of carbonyl (C=O) groups is 1. The highest BCUT2D eigenvalue weighted by atomic mass is 35.5. The summed E-state index contributed by atoms with van der Waals surface area (Å²) in [6.45, 7) is 4.14. The first-order valence-corrected chi connectivity index (χ1v) is 11.0. The smallest absolute Gasteiger partial charge is 0.290 e. The molecule has 0 saturated carbocycles. The van der Waals surface area contributed by atoms with Crippen LogP contribution in [0.3, 0.4) is 0 Å². The third-order valence-electron chi connectivity index (χ3n) is 6.10. The van der Waals surface area contributed by atoms with Gasteiger partial charge >= 0.3 is 0 Å². The van der Waals surface area contributed by atoms with Crippen molar-refractivity contribution in [3.8, 4) is 5.75 Å². The van der Waals surface area contributed by atoms with E-state index in [4.69, 9.17) is 25.5 Å². The van der Waals surface area contributed by atoms with Gasteiger partial charge < -0.3 is 18.8 Å². The summed E-state index contributed by atoms with van der Waals surface area (Å²) in [5.41, 5.74) is 1.26. The molecule has 5 rings (SSSR count). The fraction of sp³-hybridized carbons (Fsp3) is 0.333. The van der Waals surface area contributed by atoms with E-state index in [1.807, 2.05) is 24.3 Å². The molecule has 3 aromatic rings. The van der Waals surface area contributed by atoms with Gasteiger partial charge in [0.05, 0.1) is 37.3 Å². The highest BCUT2D eigenvalue weighted by molar-refractivity contribution is 6.31. The Balaban J connectivity index is 1.62. The molecule has 2 aliphatic rings. The Hall–Kier alpha value is -2.87. The van der Waals surface area contributed by atoms with Crippen LogP contribution in [0.2, 0.25) is 5.02 Å². The average molecular weight is 455 g/mol. The average Bonchev–Trinajstić information content (AvgIpc) is 3.10. The first-order valence-electron chi connectivity index (χ1n) is 10.6. The predicted molar refractivity (Wildman–Crippen MR) is 121 cm³/mol. The minimum Gasteiger partial charge on any atom is -0.497 e. The lowest BCUT2D eigenvalue weighted by atomic mass is 9.98. The molecule has 166 valence electrons. The Morgan fingerprint density at radius 3 is 2.69 bits per heavy atom. The number of carbonyl (C=O) groups excluding carboxylic acids is 1. The van der Waals surface area contributed by atoms with Gasteiger partial charge in [0.15, 0.2) is 5.43 Å². The highest BCUT2D eigenvalue weighted by Gasteiger charge is 2.42. The van der Waals surface area contributed by atoms with Gasteiger partial charge in [-0.15, -0.1) is 0 Å². The maximum Gasteiger partial charge on any atom is 0.290 e. The SMILES string of the molecule is COc1cccc([C@H]2c3c(oc4ccc(Cl)cc4c3=O)C(=O)N2CCN2CCOCC2)c1. The largest absolute Gasteiger partial charge is 0.497 e. The van der Waals surface area contributed by atoms with E-state index in [1.165, 1.54) is 0 Å². The van der Waals surface area contributed by atoms with E-state index in [0.717, 1.165) is 18.7 Å². The summed E-state index contributed by atoms with van der Waals surface area (Å²) in [6, 6.07) is 11.8. The lowest BCUT2D eigenvalue weighted by molar-refractivity contribution is 0.0314. The molecule has 0 spiro atoms. The molecule has 7 nitrogen and oxygen atoms in total. The van der Waals surface area contributed by atoms with Crippen LogP contribution in [-0.2, 0) is 4.74 Å². The number of hydrogen-bond donors (Lipinski definition) is 0. The first kappa shape index (κ1) is 21.0. The summed E-state index contributed by atoms with van der Waals surface area (Å²) in [5, 5.41) is 0.808. The van der Waals surface area contributed by atoms with Crippen molar-refractivity contribution >= 4 is 28.5 Å². The number of methoxy groups -OCH3 is 1. The van der Waals surface area contributed by atoms with Crippen molar-refractivity contribution in [3.63, 3.8) is 0 Å². The zero-order chi connectivity index (χ0) is 22.2. The van der Waals surface area contributed by atoms with Gasteiger partial charge in [0, 0.05) is 31.2 Å². The number of morpholine rings is 1. The first-order chi connectivity index (χ1) is 15.6. The van der Waals surface area contributed by atoms with Crippen molar-refractivity contribution in [2.24, 2.45) is 0 Å². The molecular formula is C24H23ClN2O5. The molecule has 1 amide bonds.